The molecule has 0 aliphatic carbocycles. The first-order chi connectivity index (χ1) is 8.65. The molecule has 0 spiro atoms. The number of rotatable bonds is 4. The Morgan fingerprint density at radius 3 is 3.17 bits per heavy atom. The largest absolute Gasteiger partial charge is 0.467 e. The fourth-order valence-corrected chi connectivity index (χ4v) is 2.19. The monoisotopic (exact) mass is 251 g/mol. The number of likely N-dealkylation sites (N-methyl/N-ethyl adjacent to an activating group) is 1. The molecule has 0 bridgehead atoms. The molecule has 0 unspecified atom stereocenters. The molecule has 5 heteroatoms. The molecule has 1 aromatic heterocycles. The molecule has 1 saturated heterocycles. The van der Waals surface area contributed by atoms with Crippen LogP contribution in [-0.4, -0.2) is 55.0 Å². The van der Waals surface area contributed by atoms with Gasteiger partial charge in [-0.3, -0.25) is 9.69 Å². The fourth-order valence-electron chi connectivity index (χ4n) is 2.19. The number of carbonyl (C=O) groups excluding carboxylic acids is 1. The van der Waals surface area contributed by atoms with Crippen molar-refractivity contribution in [3.63, 3.8) is 0 Å². The molecule has 1 aromatic rings. The fraction of sp³-hybridized carbons (Fsp3) is 0.615. The van der Waals surface area contributed by atoms with Crippen molar-refractivity contribution in [2.45, 2.75) is 19.5 Å². The van der Waals surface area contributed by atoms with Crippen molar-refractivity contribution in [3.8, 4) is 0 Å². The van der Waals surface area contributed by atoms with Gasteiger partial charge < -0.3 is 14.6 Å². The molecule has 2 heterocycles. The van der Waals surface area contributed by atoms with E-state index in [1.54, 1.807) is 11.2 Å². The Hall–Kier alpha value is -1.33. The Morgan fingerprint density at radius 1 is 1.67 bits per heavy atom. The van der Waals surface area contributed by atoms with Gasteiger partial charge in [-0.1, -0.05) is 0 Å². The van der Waals surface area contributed by atoms with Gasteiger partial charge in [0.05, 0.1) is 19.4 Å². The van der Waals surface area contributed by atoms with E-state index in [1.165, 1.54) is 0 Å². The van der Waals surface area contributed by atoms with Crippen LogP contribution in [-0.2, 0) is 11.3 Å². The van der Waals surface area contributed by atoms with Crippen LogP contribution in [0, 0.1) is 0 Å². The molecular formula is C13H21N3O2. The molecule has 1 amide bonds. The van der Waals surface area contributed by atoms with Crippen LogP contribution in [0.4, 0.5) is 0 Å². The molecule has 1 atom stereocenters. The van der Waals surface area contributed by atoms with Crippen molar-refractivity contribution >= 4 is 5.91 Å². The number of hydrogen-bond donors (Lipinski definition) is 1. The van der Waals surface area contributed by atoms with Gasteiger partial charge in [0.1, 0.15) is 5.76 Å². The van der Waals surface area contributed by atoms with E-state index >= 15 is 0 Å². The summed E-state index contributed by atoms with van der Waals surface area (Å²) < 4.78 is 5.24. The summed E-state index contributed by atoms with van der Waals surface area (Å²) in [6.45, 7) is 5.99. The summed E-state index contributed by atoms with van der Waals surface area (Å²) in [6.07, 6.45) is 1.63. The molecule has 0 saturated carbocycles. The summed E-state index contributed by atoms with van der Waals surface area (Å²) >= 11 is 0. The van der Waals surface area contributed by atoms with Crippen LogP contribution in [0.15, 0.2) is 22.8 Å². The zero-order valence-corrected chi connectivity index (χ0v) is 11.1. The minimum absolute atomic E-state index is 0.139. The predicted octanol–water partition coefficient (Wildman–Crippen LogP) is 0.532. The average molecular weight is 251 g/mol. The van der Waals surface area contributed by atoms with Crippen molar-refractivity contribution in [2.24, 2.45) is 0 Å². The zero-order chi connectivity index (χ0) is 13.0. The third-order valence-electron chi connectivity index (χ3n) is 3.21. The SMILES string of the molecule is C[C@@H]1CN(CC(=O)N(C)Cc2ccco2)CCN1. The van der Waals surface area contributed by atoms with E-state index in [0.29, 0.717) is 19.1 Å². The Morgan fingerprint density at radius 2 is 2.50 bits per heavy atom. The van der Waals surface area contributed by atoms with Gasteiger partial charge in [-0.05, 0) is 19.1 Å². The summed E-state index contributed by atoms with van der Waals surface area (Å²) in [4.78, 5) is 16.0. The second kappa shape index (κ2) is 6.02. The van der Waals surface area contributed by atoms with Crippen molar-refractivity contribution < 1.29 is 9.21 Å². The summed E-state index contributed by atoms with van der Waals surface area (Å²) in [5, 5.41) is 3.37. The van der Waals surface area contributed by atoms with Crippen LogP contribution in [0.2, 0.25) is 0 Å². The summed E-state index contributed by atoms with van der Waals surface area (Å²) in [6, 6.07) is 4.18. The average Bonchev–Trinajstić information content (AvgIpc) is 2.81. The van der Waals surface area contributed by atoms with Crippen LogP contribution in [0.5, 0.6) is 0 Å². The van der Waals surface area contributed by atoms with E-state index in [0.717, 1.165) is 25.4 Å². The van der Waals surface area contributed by atoms with Gasteiger partial charge in [-0.25, -0.2) is 0 Å². The maximum Gasteiger partial charge on any atom is 0.236 e. The summed E-state index contributed by atoms with van der Waals surface area (Å²) in [5.41, 5.74) is 0. The minimum atomic E-state index is 0.139. The maximum absolute atomic E-state index is 12.1. The maximum atomic E-state index is 12.1. The molecule has 100 valence electrons. The first-order valence-corrected chi connectivity index (χ1v) is 6.37. The lowest BCUT2D eigenvalue weighted by molar-refractivity contribution is -0.132. The van der Waals surface area contributed by atoms with E-state index in [4.69, 9.17) is 4.42 Å². The number of hydrogen-bond acceptors (Lipinski definition) is 4. The topological polar surface area (TPSA) is 48.7 Å². The van der Waals surface area contributed by atoms with Gasteiger partial charge in [0.15, 0.2) is 0 Å². The number of amides is 1. The zero-order valence-electron chi connectivity index (χ0n) is 11.1. The molecule has 1 fully saturated rings. The lowest BCUT2D eigenvalue weighted by Crippen LogP contribution is -2.51. The number of piperazine rings is 1. The highest BCUT2D eigenvalue weighted by Crippen LogP contribution is 2.05. The lowest BCUT2D eigenvalue weighted by Gasteiger charge is -2.32. The lowest BCUT2D eigenvalue weighted by atomic mass is 10.2. The Kier molecular flexibility index (Phi) is 4.38. The molecule has 5 nitrogen and oxygen atoms in total. The van der Waals surface area contributed by atoms with Crippen LogP contribution < -0.4 is 5.32 Å². The second-order valence-electron chi connectivity index (χ2n) is 4.92. The van der Waals surface area contributed by atoms with E-state index in [-0.39, 0.29) is 5.91 Å². The van der Waals surface area contributed by atoms with Crippen molar-refractivity contribution in [3.05, 3.63) is 24.2 Å². The van der Waals surface area contributed by atoms with E-state index in [2.05, 4.69) is 17.1 Å². The van der Waals surface area contributed by atoms with Crippen molar-refractivity contribution in [1.82, 2.24) is 15.1 Å². The van der Waals surface area contributed by atoms with Gasteiger partial charge in [0, 0.05) is 32.7 Å². The summed E-state index contributed by atoms with van der Waals surface area (Å²) in [5.74, 6) is 0.958. The van der Waals surface area contributed by atoms with E-state index in [1.807, 2.05) is 19.2 Å². The van der Waals surface area contributed by atoms with Crippen LogP contribution >= 0.6 is 0 Å². The van der Waals surface area contributed by atoms with Crippen molar-refractivity contribution in [2.75, 3.05) is 33.2 Å². The summed E-state index contributed by atoms with van der Waals surface area (Å²) in [7, 11) is 1.82. The normalized spacial score (nSPS) is 20.9. The first kappa shape index (κ1) is 13.1. The van der Waals surface area contributed by atoms with E-state index in [9.17, 15) is 4.79 Å². The first-order valence-electron chi connectivity index (χ1n) is 6.37. The predicted molar refractivity (Wildman–Crippen MR) is 69.1 cm³/mol. The van der Waals surface area contributed by atoms with Gasteiger partial charge in [0.25, 0.3) is 0 Å². The van der Waals surface area contributed by atoms with Crippen LogP contribution in [0.1, 0.15) is 12.7 Å². The number of furan rings is 1. The van der Waals surface area contributed by atoms with Gasteiger partial charge in [-0.2, -0.15) is 0 Å². The highest BCUT2D eigenvalue weighted by atomic mass is 16.3. The molecule has 0 aromatic carbocycles. The Bertz CT molecular complexity index is 378. The molecule has 1 aliphatic heterocycles. The third kappa shape index (κ3) is 3.58. The van der Waals surface area contributed by atoms with E-state index < -0.39 is 0 Å². The highest BCUT2D eigenvalue weighted by Gasteiger charge is 2.20. The molecule has 1 aliphatic rings. The smallest absolute Gasteiger partial charge is 0.236 e. The molecule has 2 rings (SSSR count). The molecule has 18 heavy (non-hydrogen) atoms. The quantitative estimate of drug-likeness (QED) is 0.848. The molecular weight excluding hydrogens is 230 g/mol. The standard InChI is InChI=1S/C13H21N3O2/c1-11-8-16(6-5-14-11)10-13(17)15(2)9-12-4-3-7-18-12/h3-4,7,11,14H,5-6,8-10H2,1-2H3/t11-/m1/s1. The van der Waals surface area contributed by atoms with Crippen LogP contribution in [0.25, 0.3) is 0 Å². The number of carbonyl (C=O) groups is 1. The number of nitrogens with one attached hydrogen (secondary N) is 1. The molecule has 1 N–H and O–H groups in total. The second-order valence-corrected chi connectivity index (χ2v) is 4.92. The Labute approximate surface area is 108 Å². The van der Waals surface area contributed by atoms with Gasteiger partial charge >= 0.3 is 0 Å². The molecule has 0 radical (unpaired) electrons. The van der Waals surface area contributed by atoms with Crippen LogP contribution in [0.3, 0.4) is 0 Å². The third-order valence-corrected chi connectivity index (χ3v) is 3.21. The Balaban J connectivity index is 1.79. The minimum Gasteiger partial charge on any atom is -0.467 e. The van der Waals surface area contributed by atoms with Gasteiger partial charge in [0.2, 0.25) is 5.91 Å². The van der Waals surface area contributed by atoms with Crippen molar-refractivity contribution in [1.29, 1.82) is 0 Å². The number of nitrogens with zero attached hydrogens (tertiary/aromatic N) is 2. The highest BCUT2D eigenvalue weighted by molar-refractivity contribution is 5.77. The van der Waals surface area contributed by atoms with Gasteiger partial charge in [-0.15, -0.1) is 0 Å².